The van der Waals surface area contributed by atoms with Crippen molar-refractivity contribution in [2.45, 2.75) is 19.8 Å². The molecule has 0 aromatic heterocycles. The Bertz CT molecular complexity index is 29.4. The second kappa shape index (κ2) is 6.96. The number of unbranched alkanes of at least 4 members (excludes halogenated alkanes) is 2. The van der Waals surface area contributed by atoms with Crippen molar-refractivity contribution in [2.75, 3.05) is 13.2 Å². The Morgan fingerprint density at radius 3 is 2.88 bits per heavy atom. The zero-order chi connectivity index (χ0) is 6.24. The molecule has 0 N–H and O–H groups in total. The first-order valence-electron chi connectivity index (χ1n) is 3.10. The van der Waals surface area contributed by atoms with Gasteiger partial charge in [0.05, 0.1) is 0 Å². The lowest BCUT2D eigenvalue weighted by Crippen LogP contribution is -1.92. The third-order valence-electron chi connectivity index (χ3n) is 0.848. The minimum Gasteiger partial charge on any atom is -0.381 e. The normalized spacial score (nSPS) is 9.75. The average molecular weight is 114 g/mol. The molecule has 0 aliphatic carbocycles. The van der Waals surface area contributed by atoms with Crippen LogP contribution in [0.5, 0.6) is 0 Å². The summed E-state index contributed by atoms with van der Waals surface area (Å²) in [6, 6.07) is 0. The zero-order valence-corrected chi connectivity index (χ0v) is 5.52. The molecule has 0 aromatic carbocycles. The van der Waals surface area contributed by atoms with Gasteiger partial charge in [0, 0.05) is 13.2 Å². The first kappa shape index (κ1) is 7.96. The lowest BCUT2D eigenvalue weighted by Gasteiger charge is -1.96. The molecule has 0 aliphatic heterocycles. The maximum Gasteiger partial charge on any atom is 0.0497 e. The molecular weight excluding hydrogens is 100 g/mol. The molecule has 2 radical (unpaired) electrons. The molecule has 1 heteroatoms. The van der Waals surface area contributed by atoms with E-state index in [4.69, 9.17) is 4.74 Å². The summed E-state index contributed by atoms with van der Waals surface area (Å²) < 4.78 is 5.05. The van der Waals surface area contributed by atoms with Gasteiger partial charge in [-0.1, -0.05) is 13.3 Å². The highest BCUT2D eigenvalue weighted by Gasteiger charge is 1.83. The van der Waals surface area contributed by atoms with Gasteiger partial charge in [0.2, 0.25) is 0 Å². The van der Waals surface area contributed by atoms with Gasteiger partial charge in [-0.2, -0.15) is 0 Å². The van der Waals surface area contributed by atoms with E-state index in [-0.39, 0.29) is 0 Å². The monoisotopic (exact) mass is 114 g/mol. The van der Waals surface area contributed by atoms with E-state index in [1.165, 1.54) is 0 Å². The Morgan fingerprint density at radius 2 is 2.38 bits per heavy atom. The van der Waals surface area contributed by atoms with Crippen molar-refractivity contribution in [1.29, 1.82) is 0 Å². The van der Waals surface area contributed by atoms with E-state index in [2.05, 4.69) is 13.3 Å². The van der Waals surface area contributed by atoms with E-state index < -0.39 is 0 Å². The van der Waals surface area contributed by atoms with Gasteiger partial charge in [0.15, 0.2) is 0 Å². The van der Waals surface area contributed by atoms with E-state index in [1.54, 1.807) is 0 Å². The van der Waals surface area contributed by atoms with Gasteiger partial charge in [0.25, 0.3) is 0 Å². The second-order valence-corrected chi connectivity index (χ2v) is 1.59. The average Bonchev–Trinajstić information content (AvgIpc) is 1.81. The van der Waals surface area contributed by atoms with Crippen LogP contribution >= 0.6 is 0 Å². The van der Waals surface area contributed by atoms with Crippen LogP contribution in [0.3, 0.4) is 0 Å². The maximum atomic E-state index is 5.05. The fraction of sp³-hybridized carbons (Fsp3) is 0.714. The van der Waals surface area contributed by atoms with E-state index in [9.17, 15) is 0 Å². The fourth-order valence-electron chi connectivity index (χ4n) is 0.429. The van der Waals surface area contributed by atoms with E-state index >= 15 is 0 Å². The van der Waals surface area contributed by atoms with Crippen LogP contribution in [-0.4, -0.2) is 13.2 Å². The summed E-state index contributed by atoms with van der Waals surface area (Å²) in [4.78, 5) is 0. The predicted octanol–water partition coefficient (Wildman–Crippen LogP) is 1.84. The quantitative estimate of drug-likeness (QED) is 0.495. The van der Waals surface area contributed by atoms with Crippen LogP contribution in [0.4, 0.5) is 0 Å². The molecule has 0 aromatic rings. The van der Waals surface area contributed by atoms with Crippen LogP contribution in [0.2, 0.25) is 0 Å². The highest BCUT2D eigenvalue weighted by atomic mass is 16.5. The van der Waals surface area contributed by atoms with Crippen molar-refractivity contribution in [2.24, 2.45) is 0 Å². The molecule has 0 amide bonds. The van der Waals surface area contributed by atoms with Gasteiger partial charge in [-0.05, 0) is 19.8 Å². The molecule has 0 spiro atoms. The van der Waals surface area contributed by atoms with Crippen molar-refractivity contribution >= 4 is 0 Å². The molecule has 8 heavy (non-hydrogen) atoms. The van der Waals surface area contributed by atoms with Crippen LogP contribution in [0.15, 0.2) is 0 Å². The Kier molecular flexibility index (Phi) is 6.93. The molecule has 0 rings (SSSR count). The minimum atomic E-state index is 0.784. The topological polar surface area (TPSA) is 9.23 Å². The predicted molar refractivity (Wildman–Crippen MR) is 35.4 cm³/mol. The molecule has 0 saturated heterocycles. The molecule has 1 nitrogen and oxygen atoms in total. The Labute approximate surface area is 52.0 Å². The SMILES string of the molecule is [CH2]CC[CH]COCC. The van der Waals surface area contributed by atoms with Gasteiger partial charge in [-0.15, -0.1) is 0 Å². The van der Waals surface area contributed by atoms with Crippen LogP contribution in [0, 0.1) is 13.3 Å². The Morgan fingerprint density at radius 1 is 1.62 bits per heavy atom. The summed E-state index contributed by atoms with van der Waals surface area (Å²) in [5.74, 6) is 0. The van der Waals surface area contributed by atoms with Crippen molar-refractivity contribution in [3.63, 3.8) is 0 Å². The van der Waals surface area contributed by atoms with Gasteiger partial charge in [-0.25, -0.2) is 0 Å². The molecule has 48 valence electrons. The van der Waals surface area contributed by atoms with Crippen LogP contribution in [0.25, 0.3) is 0 Å². The summed E-state index contributed by atoms with van der Waals surface area (Å²) in [5.41, 5.74) is 0. The molecule has 0 bridgehead atoms. The number of rotatable bonds is 5. The smallest absolute Gasteiger partial charge is 0.0497 e. The molecule has 0 saturated carbocycles. The summed E-state index contributed by atoms with van der Waals surface area (Å²) >= 11 is 0. The molecule has 0 fully saturated rings. The first-order chi connectivity index (χ1) is 3.91. The zero-order valence-electron chi connectivity index (χ0n) is 5.52. The number of hydrogen-bond donors (Lipinski definition) is 0. The molecular formula is C7H14O. The standard InChI is InChI=1S/C7H14O/c1-3-5-6-7-8-4-2/h6H,1,3-5,7H2,2H3. The first-order valence-corrected chi connectivity index (χ1v) is 3.10. The van der Waals surface area contributed by atoms with Gasteiger partial charge >= 0.3 is 0 Å². The Balaban J connectivity index is 2.53. The van der Waals surface area contributed by atoms with Crippen LogP contribution in [0.1, 0.15) is 19.8 Å². The van der Waals surface area contributed by atoms with Crippen molar-refractivity contribution in [3.05, 3.63) is 13.3 Å². The van der Waals surface area contributed by atoms with Crippen molar-refractivity contribution in [3.8, 4) is 0 Å². The van der Waals surface area contributed by atoms with E-state index in [0.29, 0.717) is 0 Å². The summed E-state index contributed by atoms with van der Waals surface area (Å²) in [6.45, 7) is 7.29. The third kappa shape index (κ3) is 5.96. The number of hydrogen-bond acceptors (Lipinski definition) is 1. The minimum absolute atomic E-state index is 0.784. The van der Waals surface area contributed by atoms with Crippen molar-refractivity contribution in [1.82, 2.24) is 0 Å². The highest BCUT2D eigenvalue weighted by molar-refractivity contribution is 4.62. The van der Waals surface area contributed by atoms with E-state index in [0.717, 1.165) is 26.1 Å². The highest BCUT2D eigenvalue weighted by Crippen LogP contribution is 1.90. The van der Waals surface area contributed by atoms with E-state index in [1.807, 2.05) is 6.92 Å². The largest absolute Gasteiger partial charge is 0.381 e. The van der Waals surface area contributed by atoms with Gasteiger partial charge in [-0.3, -0.25) is 0 Å². The van der Waals surface area contributed by atoms with Crippen LogP contribution in [-0.2, 0) is 4.74 Å². The Hall–Kier alpha value is -0.0400. The molecule has 0 atom stereocenters. The molecule has 0 unspecified atom stereocenters. The van der Waals surface area contributed by atoms with Gasteiger partial charge in [0.1, 0.15) is 0 Å². The lowest BCUT2D eigenvalue weighted by atomic mass is 10.3. The van der Waals surface area contributed by atoms with Crippen molar-refractivity contribution < 1.29 is 4.74 Å². The summed E-state index contributed by atoms with van der Waals surface area (Å²) in [7, 11) is 0. The fourth-order valence-corrected chi connectivity index (χ4v) is 0.429. The maximum absolute atomic E-state index is 5.05. The van der Waals surface area contributed by atoms with Gasteiger partial charge < -0.3 is 4.74 Å². The number of ether oxygens (including phenoxy) is 1. The second-order valence-electron chi connectivity index (χ2n) is 1.59. The summed E-state index contributed by atoms with van der Waals surface area (Å²) in [6.07, 6.45) is 4.16. The third-order valence-corrected chi connectivity index (χ3v) is 0.848. The lowest BCUT2D eigenvalue weighted by molar-refractivity contribution is 0.166. The molecule has 0 heterocycles. The van der Waals surface area contributed by atoms with Crippen LogP contribution < -0.4 is 0 Å². The summed E-state index contributed by atoms with van der Waals surface area (Å²) in [5, 5.41) is 0. The molecule has 0 aliphatic rings.